The van der Waals surface area contributed by atoms with E-state index in [4.69, 9.17) is 32.7 Å². The number of amides is 1. The van der Waals surface area contributed by atoms with Gasteiger partial charge in [0, 0.05) is 27.4 Å². The minimum absolute atomic E-state index is 0.163. The van der Waals surface area contributed by atoms with Crippen LogP contribution in [0.3, 0.4) is 0 Å². The summed E-state index contributed by atoms with van der Waals surface area (Å²) < 4.78 is 11.8. The summed E-state index contributed by atoms with van der Waals surface area (Å²) in [4.78, 5) is 25.0. The van der Waals surface area contributed by atoms with E-state index < -0.39 is 17.5 Å². The molecule has 7 nitrogen and oxygen atoms in total. The van der Waals surface area contributed by atoms with Crippen molar-refractivity contribution in [1.82, 2.24) is 9.78 Å². The quantitative estimate of drug-likeness (QED) is 0.670. The average Bonchev–Trinajstić information content (AvgIpc) is 3.14. The van der Waals surface area contributed by atoms with Gasteiger partial charge in [0.05, 0.1) is 5.69 Å². The second-order valence-corrected chi connectivity index (χ2v) is 7.27. The van der Waals surface area contributed by atoms with E-state index in [0.717, 1.165) is 10.2 Å². The van der Waals surface area contributed by atoms with Gasteiger partial charge in [-0.1, -0.05) is 23.2 Å². The molecule has 1 aliphatic rings. The zero-order valence-electron chi connectivity index (χ0n) is 15.2. The van der Waals surface area contributed by atoms with E-state index in [9.17, 15) is 9.59 Å². The van der Waals surface area contributed by atoms with Crippen molar-refractivity contribution < 1.29 is 14.3 Å². The number of rotatable bonds is 4. The molecule has 0 fully saturated rings. The van der Waals surface area contributed by atoms with Crippen LogP contribution in [0, 0.1) is 0 Å². The Morgan fingerprint density at radius 2 is 1.79 bits per heavy atom. The van der Waals surface area contributed by atoms with Gasteiger partial charge in [-0.05, 0) is 49.4 Å². The van der Waals surface area contributed by atoms with Crippen molar-refractivity contribution in [3.05, 3.63) is 68.9 Å². The van der Waals surface area contributed by atoms with E-state index in [1.54, 1.807) is 43.3 Å². The number of hydrogen-bond acceptors (Lipinski definition) is 5. The largest absolute Gasteiger partial charge is 0.454 e. The highest BCUT2D eigenvalue weighted by atomic mass is 35.5. The molecule has 1 N–H and O–H groups in total. The number of halogens is 2. The van der Waals surface area contributed by atoms with Crippen LogP contribution in [0.2, 0.25) is 10.0 Å². The number of hydrogen-bond donors (Lipinski definition) is 1. The molecule has 2 aromatic carbocycles. The number of carbonyl (C=O) groups is 1. The van der Waals surface area contributed by atoms with Crippen molar-refractivity contribution in [2.45, 2.75) is 13.0 Å². The molecule has 1 aliphatic heterocycles. The predicted molar refractivity (Wildman–Crippen MR) is 110 cm³/mol. The number of anilines is 1. The molecule has 0 bridgehead atoms. The maximum atomic E-state index is 12.7. The minimum Gasteiger partial charge on any atom is -0.454 e. The number of aromatic nitrogens is 2. The lowest BCUT2D eigenvalue weighted by molar-refractivity contribution is -0.119. The normalized spacial score (nSPS) is 13.2. The molecule has 0 saturated heterocycles. The molecule has 148 valence electrons. The highest BCUT2D eigenvalue weighted by Crippen LogP contribution is 2.35. The van der Waals surface area contributed by atoms with Crippen molar-refractivity contribution in [2.24, 2.45) is 0 Å². The van der Waals surface area contributed by atoms with Crippen molar-refractivity contribution in [1.29, 1.82) is 0 Å². The van der Waals surface area contributed by atoms with E-state index in [1.165, 1.54) is 6.07 Å². The second-order valence-electron chi connectivity index (χ2n) is 6.39. The molecule has 1 amide bonds. The first-order chi connectivity index (χ1) is 13.9. The molecular weight excluding hydrogens is 417 g/mol. The number of benzene rings is 2. The third-order valence-corrected chi connectivity index (χ3v) is 4.81. The first kappa shape index (κ1) is 19.3. The Bertz CT molecular complexity index is 1140. The fourth-order valence-corrected chi connectivity index (χ4v) is 3.42. The summed E-state index contributed by atoms with van der Waals surface area (Å²) in [5.74, 6) is 0.821. The molecule has 2 heterocycles. The maximum absolute atomic E-state index is 12.7. The maximum Gasteiger partial charge on any atom is 0.267 e. The molecule has 9 heteroatoms. The van der Waals surface area contributed by atoms with E-state index in [2.05, 4.69) is 10.4 Å². The highest BCUT2D eigenvalue weighted by molar-refractivity contribution is 6.35. The Kier molecular flexibility index (Phi) is 5.17. The lowest BCUT2D eigenvalue weighted by Crippen LogP contribution is -2.33. The molecule has 0 radical (unpaired) electrons. The van der Waals surface area contributed by atoms with Gasteiger partial charge in [-0.15, -0.1) is 0 Å². The van der Waals surface area contributed by atoms with Crippen molar-refractivity contribution in [3.63, 3.8) is 0 Å². The Morgan fingerprint density at radius 3 is 2.55 bits per heavy atom. The summed E-state index contributed by atoms with van der Waals surface area (Å²) >= 11 is 11.9. The number of ether oxygens (including phenoxy) is 2. The fourth-order valence-electron chi connectivity index (χ4n) is 2.90. The summed E-state index contributed by atoms with van der Waals surface area (Å²) in [5, 5.41) is 7.84. The smallest absolute Gasteiger partial charge is 0.267 e. The average molecular weight is 432 g/mol. The molecule has 0 aliphatic carbocycles. The number of nitrogens with zero attached hydrogens (tertiary/aromatic N) is 2. The zero-order valence-corrected chi connectivity index (χ0v) is 16.7. The Hall–Kier alpha value is -3.03. The van der Waals surface area contributed by atoms with Gasteiger partial charge in [-0.2, -0.15) is 5.10 Å². The van der Waals surface area contributed by atoms with Crippen LogP contribution in [0.4, 0.5) is 5.69 Å². The van der Waals surface area contributed by atoms with Gasteiger partial charge in [-0.3, -0.25) is 9.59 Å². The topological polar surface area (TPSA) is 82.5 Å². The highest BCUT2D eigenvalue weighted by Gasteiger charge is 2.20. The van der Waals surface area contributed by atoms with Crippen LogP contribution in [-0.2, 0) is 4.79 Å². The third kappa shape index (κ3) is 4.06. The van der Waals surface area contributed by atoms with Crippen LogP contribution in [0.5, 0.6) is 11.5 Å². The lowest BCUT2D eigenvalue weighted by Gasteiger charge is -2.15. The van der Waals surface area contributed by atoms with E-state index in [-0.39, 0.29) is 6.79 Å². The molecule has 29 heavy (non-hydrogen) atoms. The Labute approximate surface area is 175 Å². The monoisotopic (exact) mass is 431 g/mol. The Balaban J connectivity index is 1.61. The second kappa shape index (κ2) is 7.77. The van der Waals surface area contributed by atoms with Gasteiger partial charge in [0.2, 0.25) is 12.7 Å². The van der Waals surface area contributed by atoms with Crippen LogP contribution in [-0.4, -0.2) is 22.5 Å². The molecule has 4 rings (SSSR count). The molecule has 1 unspecified atom stereocenters. The predicted octanol–water partition coefficient (Wildman–Crippen LogP) is 4.15. The van der Waals surface area contributed by atoms with Gasteiger partial charge in [0.15, 0.2) is 11.5 Å². The van der Waals surface area contributed by atoms with Crippen molar-refractivity contribution >= 4 is 34.8 Å². The molecule has 0 saturated carbocycles. The van der Waals surface area contributed by atoms with Crippen LogP contribution in [0.1, 0.15) is 13.0 Å². The van der Waals surface area contributed by atoms with Crippen molar-refractivity contribution in [3.8, 4) is 22.8 Å². The summed E-state index contributed by atoms with van der Waals surface area (Å²) in [7, 11) is 0. The first-order valence-electron chi connectivity index (χ1n) is 8.67. The number of carbonyl (C=O) groups excluding carboxylic acids is 1. The van der Waals surface area contributed by atoms with Crippen LogP contribution < -0.4 is 20.3 Å². The third-order valence-electron chi connectivity index (χ3n) is 4.37. The van der Waals surface area contributed by atoms with E-state index >= 15 is 0 Å². The van der Waals surface area contributed by atoms with Gasteiger partial charge >= 0.3 is 0 Å². The van der Waals surface area contributed by atoms with Gasteiger partial charge in [0.1, 0.15) is 6.04 Å². The minimum atomic E-state index is -0.866. The molecule has 1 aromatic heterocycles. The van der Waals surface area contributed by atoms with Crippen LogP contribution >= 0.6 is 23.2 Å². The zero-order chi connectivity index (χ0) is 20.5. The lowest BCUT2D eigenvalue weighted by atomic mass is 10.1. The molecule has 1 atom stereocenters. The van der Waals surface area contributed by atoms with Crippen LogP contribution in [0.25, 0.3) is 11.3 Å². The van der Waals surface area contributed by atoms with Gasteiger partial charge in [0.25, 0.3) is 5.56 Å². The SMILES string of the molecule is CC(C(=O)Nc1cc(Cl)cc(Cl)c1)n1nc(-c2ccc3c(c2)OCO3)ccc1=O. The van der Waals surface area contributed by atoms with Crippen molar-refractivity contribution in [2.75, 3.05) is 12.1 Å². The fraction of sp³-hybridized carbons (Fsp3) is 0.150. The van der Waals surface area contributed by atoms with E-state index in [0.29, 0.717) is 32.9 Å². The van der Waals surface area contributed by atoms with Crippen LogP contribution in [0.15, 0.2) is 53.3 Å². The molecule has 0 spiro atoms. The Morgan fingerprint density at radius 1 is 1.07 bits per heavy atom. The summed E-state index contributed by atoms with van der Waals surface area (Å²) in [6, 6.07) is 12.1. The standard InChI is InChI=1S/C20H15Cl2N3O4/c1-11(20(27)23-15-8-13(21)7-14(22)9-15)25-19(26)5-3-16(24-25)12-2-4-17-18(6-12)29-10-28-17/h2-9,11H,10H2,1H3,(H,23,27). The molecule has 3 aromatic rings. The molecular formula is C20H15Cl2N3O4. The summed E-state index contributed by atoms with van der Waals surface area (Å²) in [6.07, 6.45) is 0. The first-order valence-corrected chi connectivity index (χ1v) is 9.43. The number of nitrogens with one attached hydrogen (secondary N) is 1. The number of fused-ring (bicyclic) bond motifs is 1. The summed E-state index contributed by atoms with van der Waals surface area (Å²) in [5.41, 5.74) is 1.28. The summed E-state index contributed by atoms with van der Waals surface area (Å²) in [6.45, 7) is 1.75. The van der Waals surface area contributed by atoms with Gasteiger partial charge in [-0.25, -0.2) is 4.68 Å². The van der Waals surface area contributed by atoms with E-state index in [1.807, 2.05) is 6.07 Å². The van der Waals surface area contributed by atoms with Gasteiger partial charge < -0.3 is 14.8 Å².